The van der Waals surface area contributed by atoms with Gasteiger partial charge in [-0.3, -0.25) is 9.59 Å². The van der Waals surface area contributed by atoms with Gasteiger partial charge in [-0.1, -0.05) is 6.92 Å². The molecule has 98 valence electrons. The van der Waals surface area contributed by atoms with Gasteiger partial charge in [-0.05, 0) is 25.7 Å². The molecule has 1 aliphatic carbocycles. The Morgan fingerprint density at radius 1 is 1.35 bits per heavy atom. The lowest BCUT2D eigenvalue weighted by Gasteiger charge is -2.07. The van der Waals surface area contributed by atoms with E-state index in [1.54, 1.807) is 6.92 Å². The standard InChI is InChI=1S/C12H22N2O3/c1-9(12(16)17)3-2-7-14-11(15)6-8-13-10-4-5-10/h9-10,13H,2-8H2,1H3,(H,14,15)(H,16,17). The number of amides is 1. The molecule has 0 radical (unpaired) electrons. The van der Waals surface area contributed by atoms with Gasteiger partial charge in [-0.25, -0.2) is 0 Å². The van der Waals surface area contributed by atoms with Crippen molar-refractivity contribution in [2.24, 2.45) is 5.92 Å². The largest absolute Gasteiger partial charge is 0.481 e. The van der Waals surface area contributed by atoms with Gasteiger partial charge in [-0.2, -0.15) is 0 Å². The molecule has 1 rings (SSSR count). The molecule has 0 heterocycles. The minimum Gasteiger partial charge on any atom is -0.481 e. The van der Waals surface area contributed by atoms with E-state index >= 15 is 0 Å². The third kappa shape index (κ3) is 6.94. The van der Waals surface area contributed by atoms with Crippen molar-refractivity contribution in [2.45, 2.75) is 45.1 Å². The van der Waals surface area contributed by atoms with Crippen LogP contribution in [-0.2, 0) is 9.59 Å². The Hall–Kier alpha value is -1.10. The fourth-order valence-electron chi connectivity index (χ4n) is 1.53. The first-order valence-electron chi connectivity index (χ1n) is 6.32. The van der Waals surface area contributed by atoms with Crippen LogP contribution in [-0.4, -0.2) is 36.1 Å². The Morgan fingerprint density at radius 3 is 2.65 bits per heavy atom. The highest BCUT2D eigenvalue weighted by atomic mass is 16.4. The van der Waals surface area contributed by atoms with E-state index in [9.17, 15) is 9.59 Å². The molecule has 1 aliphatic rings. The van der Waals surface area contributed by atoms with Crippen LogP contribution in [0.1, 0.15) is 39.0 Å². The zero-order chi connectivity index (χ0) is 12.7. The van der Waals surface area contributed by atoms with Gasteiger partial charge in [0, 0.05) is 25.6 Å². The van der Waals surface area contributed by atoms with Crippen molar-refractivity contribution in [1.82, 2.24) is 10.6 Å². The van der Waals surface area contributed by atoms with Gasteiger partial charge in [0.15, 0.2) is 0 Å². The van der Waals surface area contributed by atoms with E-state index in [1.807, 2.05) is 0 Å². The first-order valence-corrected chi connectivity index (χ1v) is 6.32. The number of rotatable bonds is 9. The monoisotopic (exact) mass is 242 g/mol. The summed E-state index contributed by atoms with van der Waals surface area (Å²) in [5.41, 5.74) is 0. The lowest BCUT2D eigenvalue weighted by atomic mass is 10.1. The molecule has 1 fully saturated rings. The molecule has 17 heavy (non-hydrogen) atoms. The van der Waals surface area contributed by atoms with Crippen LogP contribution < -0.4 is 10.6 Å². The molecule has 1 unspecified atom stereocenters. The minimum absolute atomic E-state index is 0.0427. The second-order valence-electron chi connectivity index (χ2n) is 4.71. The average Bonchev–Trinajstić information content (AvgIpc) is 3.08. The average molecular weight is 242 g/mol. The molecule has 0 aromatic heterocycles. The number of hydrogen-bond acceptors (Lipinski definition) is 3. The fourth-order valence-corrected chi connectivity index (χ4v) is 1.53. The SMILES string of the molecule is CC(CCCNC(=O)CCNC1CC1)C(=O)O. The summed E-state index contributed by atoms with van der Waals surface area (Å²) < 4.78 is 0. The van der Waals surface area contributed by atoms with Gasteiger partial charge in [0.25, 0.3) is 0 Å². The van der Waals surface area contributed by atoms with Gasteiger partial charge in [-0.15, -0.1) is 0 Å². The van der Waals surface area contributed by atoms with E-state index in [0.717, 1.165) is 13.0 Å². The summed E-state index contributed by atoms with van der Waals surface area (Å²) in [6.45, 7) is 2.99. The highest BCUT2D eigenvalue weighted by Crippen LogP contribution is 2.18. The first kappa shape index (κ1) is 14.0. The van der Waals surface area contributed by atoms with Crippen LogP contribution >= 0.6 is 0 Å². The van der Waals surface area contributed by atoms with Crippen molar-refractivity contribution in [3.8, 4) is 0 Å². The molecule has 0 saturated heterocycles. The smallest absolute Gasteiger partial charge is 0.306 e. The number of carboxylic acids is 1. The lowest BCUT2D eigenvalue weighted by molar-refractivity contribution is -0.141. The molecule has 3 N–H and O–H groups in total. The van der Waals surface area contributed by atoms with E-state index in [0.29, 0.717) is 25.4 Å². The van der Waals surface area contributed by atoms with Crippen LogP contribution in [0.3, 0.4) is 0 Å². The molecule has 0 aromatic carbocycles. The topological polar surface area (TPSA) is 78.4 Å². The van der Waals surface area contributed by atoms with Crippen molar-refractivity contribution in [3.63, 3.8) is 0 Å². The summed E-state index contributed by atoms with van der Waals surface area (Å²) >= 11 is 0. The third-order valence-electron chi connectivity index (χ3n) is 2.92. The summed E-state index contributed by atoms with van der Waals surface area (Å²) in [5, 5.41) is 14.7. The van der Waals surface area contributed by atoms with Crippen molar-refractivity contribution >= 4 is 11.9 Å². The number of hydrogen-bond donors (Lipinski definition) is 3. The number of carbonyl (C=O) groups is 2. The number of nitrogens with one attached hydrogen (secondary N) is 2. The van der Waals surface area contributed by atoms with Gasteiger partial charge in [0.2, 0.25) is 5.91 Å². The van der Waals surface area contributed by atoms with E-state index in [2.05, 4.69) is 10.6 Å². The molecular weight excluding hydrogens is 220 g/mol. The van der Waals surface area contributed by atoms with Crippen LogP contribution in [0.15, 0.2) is 0 Å². The number of carbonyl (C=O) groups excluding carboxylic acids is 1. The van der Waals surface area contributed by atoms with Crippen LogP contribution in [0.5, 0.6) is 0 Å². The zero-order valence-electron chi connectivity index (χ0n) is 10.4. The van der Waals surface area contributed by atoms with Gasteiger partial charge in [0.05, 0.1) is 5.92 Å². The minimum atomic E-state index is -0.773. The molecule has 1 amide bonds. The van der Waals surface area contributed by atoms with Crippen LogP contribution in [0.2, 0.25) is 0 Å². The van der Waals surface area contributed by atoms with Crippen molar-refractivity contribution in [2.75, 3.05) is 13.1 Å². The second-order valence-corrected chi connectivity index (χ2v) is 4.71. The number of carboxylic acid groups (broad SMARTS) is 1. The highest BCUT2D eigenvalue weighted by molar-refractivity contribution is 5.76. The van der Waals surface area contributed by atoms with Crippen molar-refractivity contribution in [3.05, 3.63) is 0 Å². The quantitative estimate of drug-likeness (QED) is 0.521. The highest BCUT2D eigenvalue weighted by Gasteiger charge is 2.19. The van der Waals surface area contributed by atoms with Crippen LogP contribution in [0, 0.1) is 5.92 Å². The normalized spacial score (nSPS) is 16.5. The maximum Gasteiger partial charge on any atom is 0.306 e. The lowest BCUT2D eigenvalue weighted by Crippen LogP contribution is -2.29. The Kier molecular flexibility index (Phi) is 5.97. The Balaban J connectivity index is 1.90. The maximum atomic E-state index is 11.4. The summed E-state index contributed by atoms with van der Waals surface area (Å²) in [4.78, 5) is 21.9. The number of aliphatic carboxylic acids is 1. The van der Waals surface area contributed by atoms with Gasteiger partial charge in [0.1, 0.15) is 0 Å². The fraction of sp³-hybridized carbons (Fsp3) is 0.833. The predicted molar refractivity (Wildman–Crippen MR) is 64.7 cm³/mol. The molecular formula is C12H22N2O3. The summed E-state index contributed by atoms with van der Waals surface area (Å²) in [6, 6.07) is 0.638. The summed E-state index contributed by atoms with van der Waals surface area (Å²) in [5.74, 6) is -1.06. The molecule has 5 nitrogen and oxygen atoms in total. The summed E-state index contributed by atoms with van der Waals surface area (Å²) in [6.07, 6.45) is 4.29. The molecule has 1 atom stereocenters. The van der Waals surface area contributed by atoms with E-state index in [4.69, 9.17) is 5.11 Å². The molecule has 0 bridgehead atoms. The van der Waals surface area contributed by atoms with Crippen molar-refractivity contribution < 1.29 is 14.7 Å². The Labute approximate surface area is 102 Å². The second kappa shape index (κ2) is 7.27. The van der Waals surface area contributed by atoms with E-state index in [1.165, 1.54) is 12.8 Å². The van der Waals surface area contributed by atoms with Crippen molar-refractivity contribution in [1.29, 1.82) is 0 Å². The van der Waals surface area contributed by atoms with Crippen LogP contribution in [0.4, 0.5) is 0 Å². The van der Waals surface area contributed by atoms with E-state index < -0.39 is 5.97 Å². The molecule has 5 heteroatoms. The maximum absolute atomic E-state index is 11.4. The van der Waals surface area contributed by atoms with E-state index in [-0.39, 0.29) is 11.8 Å². The van der Waals surface area contributed by atoms with Gasteiger partial charge >= 0.3 is 5.97 Å². The first-order chi connectivity index (χ1) is 8.09. The third-order valence-corrected chi connectivity index (χ3v) is 2.92. The molecule has 1 saturated carbocycles. The Bertz CT molecular complexity index is 264. The summed E-state index contributed by atoms with van der Waals surface area (Å²) in [7, 11) is 0. The molecule has 0 aliphatic heterocycles. The Morgan fingerprint density at radius 2 is 2.06 bits per heavy atom. The zero-order valence-corrected chi connectivity index (χ0v) is 10.4. The van der Waals surface area contributed by atoms with Gasteiger partial charge < -0.3 is 15.7 Å². The molecule has 0 aromatic rings. The molecule has 0 spiro atoms. The van der Waals surface area contributed by atoms with Crippen LogP contribution in [0.25, 0.3) is 0 Å². The predicted octanol–water partition coefficient (Wildman–Crippen LogP) is 0.746.